The highest BCUT2D eigenvalue weighted by Crippen LogP contribution is 2.33. The Morgan fingerprint density at radius 2 is 1.67 bits per heavy atom. The number of halogens is 1. The number of hydrogen-bond acceptors (Lipinski definition) is 4. The average Bonchev–Trinajstić information content (AvgIpc) is 2.58. The molecular weight excluding hydrogens is 330 g/mol. The fraction of sp³-hybridized carbons (Fsp3) is 0.278. The number of ether oxygens (including phenoxy) is 3. The van der Waals surface area contributed by atoms with Gasteiger partial charge >= 0.3 is 0 Å². The number of anilines is 1. The molecule has 0 aliphatic carbocycles. The first-order chi connectivity index (χ1) is 11.4. The van der Waals surface area contributed by atoms with Gasteiger partial charge in [-0.2, -0.15) is 0 Å². The van der Waals surface area contributed by atoms with Gasteiger partial charge in [-0.25, -0.2) is 0 Å². The Bertz CT molecular complexity index is 716. The lowest BCUT2D eigenvalue weighted by molar-refractivity contribution is -0.122. The number of rotatable bonds is 6. The van der Waals surface area contributed by atoms with Gasteiger partial charge in [-0.05, 0) is 49.7 Å². The van der Waals surface area contributed by atoms with E-state index in [1.807, 2.05) is 6.92 Å². The minimum absolute atomic E-state index is 0.264. The minimum Gasteiger partial charge on any atom is -0.493 e. The van der Waals surface area contributed by atoms with Crippen LogP contribution in [0.1, 0.15) is 12.5 Å². The molecule has 5 nitrogen and oxygen atoms in total. The molecule has 1 unspecified atom stereocenters. The first kappa shape index (κ1) is 17.9. The summed E-state index contributed by atoms with van der Waals surface area (Å²) >= 11 is 5.83. The van der Waals surface area contributed by atoms with E-state index in [0.717, 1.165) is 5.56 Å². The van der Waals surface area contributed by atoms with Crippen molar-refractivity contribution in [1.82, 2.24) is 0 Å². The second-order valence-corrected chi connectivity index (χ2v) is 5.66. The first-order valence-corrected chi connectivity index (χ1v) is 7.78. The third-order valence-electron chi connectivity index (χ3n) is 3.48. The van der Waals surface area contributed by atoms with Crippen LogP contribution in [0.2, 0.25) is 5.02 Å². The molecule has 1 atom stereocenters. The van der Waals surface area contributed by atoms with Crippen LogP contribution >= 0.6 is 11.6 Å². The Morgan fingerprint density at radius 1 is 1.08 bits per heavy atom. The summed E-state index contributed by atoms with van der Waals surface area (Å²) in [6.45, 7) is 3.56. The molecule has 128 valence electrons. The molecule has 0 heterocycles. The van der Waals surface area contributed by atoms with Crippen molar-refractivity contribution in [3.63, 3.8) is 0 Å². The summed E-state index contributed by atoms with van der Waals surface area (Å²) in [4.78, 5) is 12.4. The maximum absolute atomic E-state index is 12.4. The molecule has 2 rings (SSSR count). The highest BCUT2D eigenvalue weighted by Gasteiger charge is 2.17. The Balaban J connectivity index is 2.09. The van der Waals surface area contributed by atoms with Gasteiger partial charge in [0.1, 0.15) is 5.75 Å². The van der Waals surface area contributed by atoms with Crippen molar-refractivity contribution in [2.24, 2.45) is 0 Å². The van der Waals surface area contributed by atoms with Crippen molar-refractivity contribution in [3.05, 3.63) is 47.0 Å². The van der Waals surface area contributed by atoms with Gasteiger partial charge in [0.2, 0.25) is 0 Å². The highest BCUT2D eigenvalue weighted by atomic mass is 35.5. The SMILES string of the molecule is COc1cc(C)c(NC(=O)C(C)Oc2ccc(Cl)cc2)cc1OC. The van der Waals surface area contributed by atoms with Crippen LogP contribution in [-0.2, 0) is 4.79 Å². The molecule has 6 heteroatoms. The van der Waals surface area contributed by atoms with Gasteiger partial charge in [0.05, 0.1) is 14.2 Å². The Kier molecular flexibility index (Phi) is 5.93. The summed E-state index contributed by atoms with van der Waals surface area (Å²) in [7, 11) is 3.11. The third-order valence-corrected chi connectivity index (χ3v) is 3.74. The molecule has 0 spiro atoms. The predicted molar refractivity (Wildman–Crippen MR) is 94.5 cm³/mol. The number of carbonyl (C=O) groups excluding carboxylic acids is 1. The van der Waals surface area contributed by atoms with Gasteiger partial charge in [0, 0.05) is 16.8 Å². The van der Waals surface area contributed by atoms with E-state index >= 15 is 0 Å². The summed E-state index contributed by atoms with van der Waals surface area (Å²) in [6.07, 6.45) is -0.668. The van der Waals surface area contributed by atoms with E-state index in [-0.39, 0.29) is 5.91 Å². The molecule has 2 aromatic rings. The molecular formula is C18H20ClNO4. The van der Waals surface area contributed by atoms with Gasteiger partial charge in [-0.1, -0.05) is 11.6 Å². The zero-order chi connectivity index (χ0) is 17.7. The van der Waals surface area contributed by atoms with E-state index in [4.69, 9.17) is 25.8 Å². The fourth-order valence-corrected chi connectivity index (χ4v) is 2.25. The van der Waals surface area contributed by atoms with Crippen molar-refractivity contribution in [2.75, 3.05) is 19.5 Å². The van der Waals surface area contributed by atoms with Crippen LogP contribution in [0.5, 0.6) is 17.2 Å². The van der Waals surface area contributed by atoms with Crippen molar-refractivity contribution in [1.29, 1.82) is 0 Å². The first-order valence-electron chi connectivity index (χ1n) is 7.40. The summed E-state index contributed by atoms with van der Waals surface area (Å²) in [5.74, 6) is 1.47. The molecule has 0 aromatic heterocycles. The van der Waals surface area contributed by atoms with Gasteiger partial charge in [0.25, 0.3) is 5.91 Å². The molecule has 24 heavy (non-hydrogen) atoms. The largest absolute Gasteiger partial charge is 0.493 e. The van der Waals surface area contributed by atoms with E-state index in [1.54, 1.807) is 57.5 Å². The van der Waals surface area contributed by atoms with Crippen molar-refractivity contribution < 1.29 is 19.0 Å². The molecule has 0 bridgehead atoms. The molecule has 1 amide bonds. The molecule has 0 saturated carbocycles. The van der Waals surface area contributed by atoms with E-state index in [0.29, 0.717) is 28.0 Å². The number of amides is 1. The molecule has 0 radical (unpaired) electrons. The quantitative estimate of drug-likeness (QED) is 0.854. The van der Waals surface area contributed by atoms with Gasteiger partial charge in [-0.15, -0.1) is 0 Å². The Morgan fingerprint density at radius 3 is 2.25 bits per heavy atom. The standard InChI is InChI=1S/C18H20ClNO4/c1-11-9-16(22-3)17(23-4)10-15(11)20-18(21)12(2)24-14-7-5-13(19)6-8-14/h5-10,12H,1-4H3,(H,20,21). The van der Waals surface area contributed by atoms with Crippen LogP contribution in [0.4, 0.5) is 5.69 Å². The zero-order valence-corrected chi connectivity index (χ0v) is 14.8. The highest BCUT2D eigenvalue weighted by molar-refractivity contribution is 6.30. The summed E-state index contributed by atoms with van der Waals surface area (Å²) in [5, 5.41) is 3.45. The lowest BCUT2D eigenvalue weighted by atomic mass is 10.1. The normalized spacial score (nSPS) is 11.5. The van der Waals surface area contributed by atoms with E-state index in [9.17, 15) is 4.79 Å². The van der Waals surface area contributed by atoms with Crippen LogP contribution in [0.25, 0.3) is 0 Å². The number of benzene rings is 2. The topological polar surface area (TPSA) is 56.8 Å². The summed E-state index contributed by atoms with van der Waals surface area (Å²) in [5.41, 5.74) is 1.50. The van der Waals surface area contributed by atoms with Crippen LogP contribution < -0.4 is 19.5 Å². The van der Waals surface area contributed by atoms with Crippen LogP contribution in [-0.4, -0.2) is 26.2 Å². The second-order valence-electron chi connectivity index (χ2n) is 5.23. The average molecular weight is 350 g/mol. The monoisotopic (exact) mass is 349 g/mol. The molecule has 1 N–H and O–H groups in total. The molecule has 2 aromatic carbocycles. The van der Waals surface area contributed by atoms with E-state index in [1.165, 1.54) is 0 Å². The number of carbonyl (C=O) groups is 1. The summed E-state index contributed by atoms with van der Waals surface area (Å²) < 4.78 is 16.1. The number of nitrogens with one attached hydrogen (secondary N) is 1. The van der Waals surface area contributed by atoms with Crippen LogP contribution in [0, 0.1) is 6.92 Å². The van der Waals surface area contributed by atoms with Gasteiger partial charge in [0.15, 0.2) is 17.6 Å². The molecule has 0 aliphatic rings. The fourth-order valence-electron chi connectivity index (χ4n) is 2.12. The predicted octanol–water partition coefficient (Wildman–Crippen LogP) is 4.07. The van der Waals surface area contributed by atoms with Crippen molar-refractivity contribution in [3.8, 4) is 17.2 Å². The van der Waals surface area contributed by atoms with E-state index < -0.39 is 6.10 Å². The summed E-state index contributed by atoms with van der Waals surface area (Å²) in [6, 6.07) is 10.4. The molecule has 0 fully saturated rings. The molecule has 0 saturated heterocycles. The van der Waals surface area contributed by atoms with Crippen LogP contribution in [0.3, 0.4) is 0 Å². The Labute approximate surface area is 146 Å². The number of hydrogen-bond donors (Lipinski definition) is 1. The number of aryl methyl sites for hydroxylation is 1. The van der Waals surface area contributed by atoms with Crippen molar-refractivity contribution in [2.45, 2.75) is 20.0 Å². The van der Waals surface area contributed by atoms with Crippen LogP contribution in [0.15, 0.2) is 36.4 Å². The third kappa shape index (κ3) is 4.32. The second kappa shape index (κ2) is 7.93. The maximum Gasteiger partial charge on any atom is 0.265 e. The van der Waals surface area contributed by atoms with Crippen molar-refractivity contribution >= 4 is 23.2 Å². The number of methoxy groups -OCH3 is 2. The minimum atomic E-state index is -0.668. The molecule has 0 aliphatic heterocycles. The lowest BCUT2D eigenvalue weighted by Crippen LogP contribution is -2.30. The smallest absolute Gasteiger partial charge is 0.265 e. The van der Waals surface area contributed by atoms with Gasteiger partial charge in [-0.3, -0.25) is 4.79 Å². The Hall–Kier alpha value is -2.40. The maximum atomic E-state index is 12.4. The lowest BCUT2D eigenvalue weighted by Gasteiger charge is -2.17. The van der Waals surface area contributed by atoms with Gasteiger partial charge < -0.3 is 19.5 Å². The van der Waals surface area contributed by atoms with E-state index in [2.05, 4.69) is 5.32 Å². The zero-order valence-electron chi connectivity index (χ0n) is 14.1.